The van der Waals surface area contributed by atoms with Gasteiger partial charge in [0.15, 0.2) is 0 Å². The fourth-order valence-electron chi connectivity index (χ4n) is 1.27. The number of rotatable bonds is 2. The Kier molecular flexibility index (Phi) is 3.90. The monoisotopic (exact) mass is 218 g/mol. The van der Waals surface area contributed by atoms with E-state index in [1.165, 1.54) is 0 Å². The molecule has 84 valence electrons. The topological polar surface area (TPSA) is 62.1 Å². The lowest BCUT2D eigenvalue weighted by molar-refractivity contribution is 0.130. The van der Waals surface area contributed by atoms with Crippen LogP contribution in [-0.4, -0.2) is 12.2 Å². The summed E-state index contributed by atoms with van der Waals surface area (Å²) in [5.74, 6) is 0. The summed E-state index contributed by atoms with van der Waals surface area (Å²) in [6.45, 7) is 5.35. The third kappa shape index (κ3) is 2.99. The first-order valence-electron chi connectivity index (χ1n) is 5.02. The zero-order valence-electron chi connectivity index (χ0n) is 9.57. The highest BCUT2D eigenvalue weighted by molar-refractivity contribution is 5.87. The molecule has 0 aromatic heterocycles. The standard InChI is InChI=1S/C12H14N2O2/c1-8(2)16-12(15)14-11-6-4-5-9(3)10(11)7-13/h4-6,8H,1-3H3,(H,14,15). The summed E-state index contributed by atoms with van der Waals surface area (Å²) in [6.07, 6.45) is -0.729. The number of ether oxygens (including phenoxy) is 1. The largest absolute Gasteiger partial charge is 0.447 e. The van der Waals surface area contributed by atoms with Crippen LogP contribution in [0.4, 0.5) is 10.5 Å². The molecule has 0 unspecified atom stereocenters. The number of carbonyl (C=O) groups is 1. The Hall–Kier alpha value is -2.02. The predicted octanol–water partition coefficient (Wildman–Crippen LogP) is 2.82. The quantitative estimate of drug-likeness (QED) is 0.830. The van der Waals surface area contributed by atoms with Gasteiger partial charge in [-0.15, -0.1) is 0 Å². The van der Waals surface area contributed by atoms with Crippen molar-refractivity contribution in [3.63, 3.8) is 0 Å². The number of nitrogens with one attached hydrogen (secondary N) is 1. The normalized spacial score (nSPS) is 9.69. The number of hydrogen-bond acceptors (Lipinski definition) is 3. The predicted molar refractivity (Wildman–Crippen MR) is 61.1 cm³/mol. The summed E-state index contributed by atoms with van der Waals surface area (Å²) in [6, 6.07) is 7.32. The van der Waals surface area contributed by atoms with Gasteiger partial charge < -0.3 is 4.74 Å². The lowest BCUT2D eigenvalue weighted by Crippen LogP contribution is -2.18. The lowest BCUT2D eigenvalue weighted by Gasteiger charge is -2.11. The summed E-state index contributed by atoms with van der Waals surface area (Å²) in [5, 5.41) is 11.5. The Bertz CT molecular complexity index is 433. The number of aryl methyl sites for hydroxylation is 1. The van der Waals surface area contributed by atoms with Crippen LogP contribution >= 0.6 is 0 Å². The third-order valence-corrected chi connectivity index (χ3v) is 1.96. The van der Waals surface area contributed by atoms with Gasteiger partial charge in [-0.25, -0.2) is 4.79 Å². The van der Waals surface area contributed by atoms with Crippen LogP contribution in [0.3, 0.4) is 0 Å². The Morgan fingerprint density at radius 1 is 1.50 bits per heavy atom. The van der Waals surface area contributed by atoms with Gasteiger partial charge in [-0.3, -0.25) is 5.32 Å². The molecule has 0 aliphatic heterocycles. The number of carbonyl (C=O) groups excluding carboxylic acids is 1. The van der Waals surface area contributed by atoms with Crippen LogP contribution in [0.2, 0.25) is 0 Å². The minimum Gasteiger partial charge on any atom is -0.447 e. The molecule has 0 aliphatic rings. The van der Waals surface area contributed by atoms with Gasteiger partial charge in [-0.2, -0.15) is 5.26 Å². The second-order valence-electron chi connectivity index (χ2n) is 3.69. The number of benzene rings is 1. The average Bonchev–Trinajstić information content (AvgIpc) is 2.16. The van der Waals surface area contributed by atoms with Crippen LogP contribution in [0.5, 0.6) is 0 Å². The van der Waals surface area contributed by atoms with E-state index in [0.29, 0.717) is 11.3 Å². The molecular formula is C12H14N2O2. The van der Waals surface area contributed by atoms with Crippen molar-refractivity contribution in [2.75, 3.05) is 5.32 Å². The average molecular weight is 218 g/mol. The molecule has 0 saturated carbocycles. The molecule has 0 aliphatic carbocycles. The Balaban J connectivity index is 2.86. The number of anilines is 1. The Morgan fingerprint density at radius 3 is 2.75 bits per heavy atom. The van der Waals surface area contributed by atoms with E-state index in [1.54, 1.807) is 26.0 Å². The van der Waals surface area contributed by atoms with Gasteiger partial charge in [0.05, 0.1) is 17.4 Å². The Labute approximate surface area is 94.8 Å². The Morgan fingerprint density at radius 2 is 2.19 bits per heavy atom. The van der Waals surface area contributed by atoms with Crippen molar-refractivity contribution in [1.82, 2.24) is 0 Å². The van der Waals surface area contributed by atoms with E-state index in [2.05, 4.69) is 11.4 Å². The molecular weight excluding hydrogens is 204 g/mol. The highest BCUT2D eigenvalue weighted by Gasteiger charge is 2.10. The minimum absolute atomic E-state index is 0.185. The molecule has 1 amide bonds. The van der Waals surface area contributed by atoms with Crippen molar-refractivity contribution in [2.45, 2.75) is 26.9 Å². The van der Waals surface area contributed by atoms with Gasteiger partial charge in [0, 0.05) is 0 Å². The molecule has 1 aromatic rings. The summed E-state index contributed by atoms with van der Waals surface area (Å²) in [4.78, 5) is 11.4. The highest BCUT2D eigenvalue weighted by atomic mass is 16.6. The summed E-state index contributed by atoms with van der Waals surface area (Å²) in [5.41, 5.74) is 1.77. The zero-order chi connectivity index (χ0) is 12.1. The van der Waals surface area contributed by atoms with Crippen molar-refractivity contribution in [3.05, 3.63) is 29.3 Å². The van der Waals surface area contributed by atoms with E-state index in [0.717, 1.165) is 5.56 Å². The molecule has 0 atom stereocenters. The van der Waals surface area contributed by atoms with Crippen LogP contribution in [0.1, 0.15) is 25.0 Å². The van der Waals surface area contributed by atoms with Crippen molar-refractivity contribution >= 4 is 11.8 Å². The first kappa shape index (κ1) is 12.1. The maximum atomic E-state index is 11.4. The van der Waals surface area contributed by atoms with Gasteiger partial charge in [0.25, 0.3) is 0 Å². The maximum absolute atomic E-state index is 11.4. The summed E-state index contributed by atoms with van der Waals surface area (Å²) in [7, 11) is 0. The van der Waals surface area contributed by atoms with Crippen molar-refractivity contribution in [2.24, 2.45) is 0 Å². The first-order valence-corrected chi connectivity index (χ1v) is 5.02. The SMILES string of the molecule is Cc1cccc(NC(=O)OC(C)C)c1C#N. The van der Waals surface area contributed by atoms with E-state index in [4.69, 9.17) is 10.00 Å². The van der Waals surface area contributed by atoms with Crippen molar-refractivity contribution in [3.8, 4) is 6.07 Å². The number of hydrogen-bond donors (Lipinski definition) is 1. The fourth-order valence-corrected chi connectivity index (χ4v) is 1.27. The molecule has 1 N–H and O–H groups in total. The van der Waals surface area contributed by atoms with Crippen LogP contribution in [-0.2, 0) is 4.74 Å². The molecule has 0 bridgehead atoms. The molecule has 0 saturated heterocycles. The summed E-state index contributed by atoms with van der Waals surface area (Å²) >= 11 is 0. The molecule has 1 aromatic carbocycles. The van der Waals surface area contributed by atoms with Crippen LogP contribution < -0.4 is 5.32 Å². The van der Waals surface area contributed by atoms with Crippen molar-refractivity contribution in [1.29, 1.82) is 5.26 Å². The fraction of sp³-hybridized carbons (Fsp3) is 0.333. The molecule has 0 fully saturated rings. The highest BCUT2D eigenvalue weighted by Crippen LogP contribution is 2.18. The third-order valence-electron chi connectivity index (χ3n) is 1.96. The molecule has 4 heteroatoms. The molecule has 0 spiro atoms. The maximum Gasteiger partial charge on any atom is 0.411 e. The van der Waals surface area contributed by atoms with Gasteiger partial charge >= 0.3 is 6.09 Å². The van der Waals surface area contributed by atoms with Gasteiger partial charge in [0.1, 0.15) is 6.07 Å². The van der Waals surface area contributed by atoms with E-state index >= 15 is 0 Å². The van der Waals surface area contributed by atoms with E-state index < -0.39 is 6.09 Å². The second-order valence-corrected chi connectivity index (χ2v) is 3.69. The number of nitriles is 1. The molecule has 0 radical (unpaired) electrons. The van der Waals surface area contributed by atoms with Crippen LogP contribution in [0.15, 0.2) is 18.2 Å². The van der Waals surface area contributed by atoms with E-state index in [-0.39, 0.29) is 6.10 Å². The number of nitrogens with zero attached hydrogens (tertiary/aromatic N) is 1. The van der Waals surface area contributed by atoms with E-state index in [1.807, 2.05) is 13.0 Å². The molecule has 4 nitrogen and oxygen atoms in total. The molecule has 16 heavy (non-hydrogen) atoms. The molecule has 0 heterocycles. The van der Waals surface area contributed by atoms with Gasteiger partial charge in [0.2, 0.25) is 0 Å². The smallest absolute Gasteiger partial charge is 0.411 e. The van der Waals surface area contributed by atoms with E-state index in [9.17, 15) is 4.79 Å². The van der Waals surface area contributed by atoms with Gasteiger partial charge in [-0.05, 0) is 32.4 Å². The van der Waals surface area contributed by atoms with Crippen LogP contribution in [0, 0.1) is 18.3 Å². The molecule has 1 rings (SSSR count). The number of amides is 1. The van der Waals surface area contributed by atoms with Crippen molar-refractivity contribution < 1.29 is 9.53 Å². The summed E-state index contributed by atoms with van der Waals surface area (Å²) < 4.78 is 4.93. The second kappa shape index (κ2) is 5.17. The minimum atomic E-state index is -0.544. The van der Waals surface area contributed by atoms with Gasteiger partial charge in [-0.1, -0.05) is 12.1 Å². The van der Waals surface area contributed by atoms with Crippen LogP contribution in [0.25, 0.3) is 0 Å². The lowest BCUT2D eigenvalue weighted by atomic mass is 10.1. The first-order chi connectivity index (χ1) is 7.54. The zero-order valence-corrected chi connectivity index (χ0v) is 9.57.